The van der Waals surface area contributed by atoms with Crippen LogP contribution in [0.3, 0.4) is 0 Å². The molecule has 0 amide bonds. The number of nitrogens with two attached hydrogens (primary N) is 1. The highest BCUT2D eigenvalue weighted by molar-refractivity contribution is 5.04. The first kappa shape index (κ1) is 13.5. The van der Waals surface area contributed by atoms with E-state index < -0.39 is 0 Å². The number of hydrogen-bond acceptors (Lipinski definition) is 4. The molecule has 2 unspecified atom stereocenters. The van der Waals surface area contributed by atoms with Gasteiger partial charge in [-0.05, 0) is 29.4 Å². The minimum Gasteiger partial charge on any atom is -0.324 e. The van der Waals surface area contributed by atoms with Gasteiger partial charge >= 0.3 is 0 Å². The summed E-state index contributed by atoms with van der Waals surface area (Å²) >= 11 is 0. The number of hydrogen-bond donors (Lipinski definition) is 1. The zero-order valence-electron chi connectivity index (χ0n) is 12.0. The van der Waals surface area contributed by atoms with Gasteiger partial charge in [-0.3, -0.25) is 0 Å². The molecule has 0 spiro atoms. The number of aryl methyl sites for hydroxylation is 1. The third-order valence-corrected chi connectivity index (χ3v) is 4.16. The molecule has 2 atom stereocenters. The molecule has 1 aromatic rings. The highest BCUT2D eigenvalue weighted by Gasteiger charge is 2.44. The lowest BCUT2D eigenvalue weighted by molar-refractivity contribution is 0.0779. The Morgan fingerprint density at radius 2 is 2.11 bits per heavy atom. The summed E-state index contributed by atoms with van der Waals surface area (Å²) in [6, 6.07) is 0. The molecule has 102 valence electrons. The highest BCUT2D eigenvalue weighted by atomic mass is 15.6. The Kier molecular flexibility index (Phi) is 3.45. The molecule has 0 aliphatic heterocycles. The summed E-state index contributed by atoms with van der Waals surface area (Å²) in [5.41, 5.74) is 6.77. The summed E-state index contributed by atoms with van der Waals surface area (Å²) in [7, 11) is 1.79. The van der Waals surface area contributed by atoms with E-state index in [1.54, 1.807) is 7.05 Å². The van der Waals surface area contributed by atoms with E-state index in [9.17, 15) is 0 Å². The molecule has 0 radical (unpaired) electrons. The van der Waals surface area contributed by atoms with Crippen LogP contribution in [0.25, 0.3) is 0 Å². The number of nitrogens with zero attached hydrogens (tertiary/aromatic N) is 4. The van der Waals surface area contributed by atoms with Gasteiger partial charge < -0.3 is 5.73 Å². The van der Waals surface area contributed by atoms with E-state index in [0.29, 0.717) is 5.92 Å². The van der Waals surface area contributed by atoms with Crippen molar-refractivity contribution in [2.45, 2.75) is 58.4 Å². The predicted molar refractivity (Wildman–Crippen MR) is 70.8 cm³/mol. The third-order valence-electron chi connectivity index (χ3n) is 4.16. The molecule has 1 aliphatic carbocycles. The predicted octanol–water partition coefficient (Wildman–Crippen LogP) is 1.69. The molecule has 18 heavy (non-hydrogen) atoms. The van der Waals surface area contributed by atoms with Gasteiger partial charge in [0.05, 0.1) is 7.05 Å². The zero-order valence-corrected chi connectivity index (χ0v) is 12.0. The Morgan fingerprint density at radius 1 is 1.39 bits per heavy atom. The van der Waals surface area contributed by atoms with Crippen LogP contribution in [0.2, 0.25) is 0 Å². The molecule has 0 saturated heterocycles. The largest absolute Gasteiger partial charge is 0.324 e. The van der Waals surface area contributed by atoms with Crippen LogP contribution in [0.4, 0.5) is 0 Å². The van der Waals surface area contributed by atoms with Gasteiger partial charge in [0.25, 0.3) is 0 Å². The summed E-state index contributed by atoms with van der Waals surface area (Å²) in [6.45, 7) is 6.86. The average Bonchev–Trinajstić information content (AvgIpc) is 2.62. The van der Waals surface area contributed by atoms with Crippen molar-refractivity contribution < 1.29 is 0 Å². The van der Waals surface area contributed by atoms with Crippen molar-refractivity contribution in [1.82, 2.24) is 20.2 Å². The number of rotatable bonds is 2. The van der Waals surface area contributed by atoms with Crippen molar-refractivity contribution in [2.75, 3.05) is 0 Å². The van der Waals surface area contributed by atoms with Crippen LogP contribution in [-0.4, -0.2) is 25.7 Å². The maximum absolute atomic E-state index is 6.71. The van der Waals surface area contributed by atoms with E-state index in [0.717, 1.165) is 18.7 Å². The summed E-state index contributed by atoms with van der Waals surface area (Å²) < 4.78 is 0. The second-order valence-electron chi connectivity index (χ2n) is 6.77. The summed E-state index contributed by atoms with van der Waals surface area (Å²) in [6.07, 6.45) is 5.51. The molecule has 1 aromatic heterocycles. The number of aromatic nitrogens is 4. The summed E-state index contributed by atoms with van der Waals surface area (Å²) in [4.78, 5) is 1.51. The lowest BCUT2D eigenvalue weighted by Gasteiger charge is -2.47. The van der Waals surface area contributed by atoms with E-state index in [1.807, 2.05) is 0 Å². The van der Waals surface area contributed by atoms with Crippen LogP contribution < -0.4 is 5.73 Å². The fourth-order valence-corrected chi connectivity index (χ4v) is 3.46. The molecule has 2 rings (SSSR count). The first-order valence-electron chi connectivity index (χ1n) is 6.83. The van der Waals surface area contributed by atoms with Crippen molar-refractivity contribution in [3.05, 3.63) is 5.82 Å². The fourth-order valence-electron chi connectivity index (χ4n) is 3.46. The summed E-state index contributed by atoms with van der Waals surface area (Å²) in [5.74, 6) is 1.29. The second kappa shape index (κ2) is 4.61. The molecule has 5 heteroatoms. The molecular formula is C13H25N5. The van der Waals surface area contributed by atoms with Crippen LogP contribution in [0.5, 0.6) is 0 Å². The van der Waals surface area contributed by atoms with Crippen molar-refractivity contribution >= 4 is 0 Å². The van der Waals surface area contributed by atoms with Crippen LogP contribution in [0, 0.1) is 11.3 Å². The molecule has 0 aromatic carbocycles. The highest BCUT2D eigenvalue weighted by Crippen LogP contribution is 2.44. The first-order valence-corrected chi connectivity index (χ1v) is 6.83. The lowest BCUT2D eigenvalue weighted by Crippen LogP contribution is -2.55. The van der Waals surface area contributed by atoms with Gasteiger partial charge in [-0.1, -0.05) is 33.6 Å². The van der Waals surface area contributed by atoms with Crippen LogP contribution in [0.1, 0.15) is 52.3 Å². The molecule has 5 nitrogen and oxygen atoms in total. The van der Waals surface area contributed by atoms with Gasteiger partial charge in [0.1, 0.15) is 0 Å². The fraction of sp³-hybridized carbons (Fsp3) is 0.923. The Hall–Kier alpha value is -0.970. The maximum Gasteiger partial charge on any atom is 0.176 e. The van der Waals surface area contributed by atoms with Crippen LogP contribution in [0.15, 0.2) is 0 Å². The van der Waals surface area contributed by atoms with E-state index in [4.69, 9.17) is 5.73 Å². The van der Waals surface area contributed by atoms with Crippen molar-refractivity contribution in [2.24, 2.45) is 24.1 Å². The second-order valence-corrected chi connectivity index (χ2v) is 6.77. The zero-order chi connectivity index (χ0) is 13.4. The van der Waals surface area contributed by atoms with Gasteiger partial charge in [-0.25, -0.2) is 0 Å². The molecule has 2 N–H and O–H groups in total. The Morgan fingerprint density at radius 3 is 2.67 bits per heavy atom. The van der Waals surface area contributed by atoms with Crippen molar-refractivity contribution in [1.29, 1.82) is 0 Å². The quantitative estimate of drug-likeness (QED) is 0.868. The maximum atomic E-state index is 6.71. The lowest BCUT2D eigenvalue weighted by atomic mass is 9.61. The van der Waals surface area contributed by atoms with Gasteiger partial charge in [-0.2, -0.15) is 4.80 Å². The summed E-state index contributed by atoms with van der Waals surface area (Å²) in [5, 5.41) is 12.3. The smallest absolute Gasteiger partial charge is 0.176 e. The molecule has 1 fully saturated rings. The normalized spacial score (nSPS) is 29.5. The van der Waals surface area contributed by atoms with E-state index >= 15 is 0 Å². The van der Waals surface area contributed by atoms with E-state index in [2.05, 4.69) is 36.2 Å². The Bertz CT molecular complexity index is 406. The molecule has 1 heterocycles. The SMILES string of the molecule is Cn1nnc(CC2(N)CCCCC2C(C)(C)C)n1. The van der Waals surface area contributed by atoms with Gasteiger partial charge in [0.2, 0.25) is 0 Å². The molecule has 1 aliphatic rings. The van der Waals surface area contributed by atoms with E-state index in [-0.39, 0.29) is 11.0 Å². The molecule has 1 saturated carbocycles. The first-order chi connectivity index (χ1) is 8.31. The van der Waals surface area contributed by atoms with Gasteiger partial charge in [0.15, 0.2) is 5.82 Å². The average molecular weight is 251 g/mol. The standard InChI is InChI=1S/C13H25N5/c1-12(2,3)10-7-5-6-8-13(10,14)9-11-15-17-18(4)16-11/h10H,5-9,14H2,1-4H3. The van der Waals surface area contributed by atoms with Gasteiger partial charge in [0, 0.05) is 12.0 Å². The van der Waals surface area contributed by atoms with E-state index in [1.165, 1.54) is 24.1 Å². The van der Waals surface area contributed by atoms with Crippen molar-refractivity contribution in [3.8, 4) is 0 Å². The minimum atomic E-state index is -0.181. The molecular weight excluding hydrogens is 226 g/mol. The number of tetrazole rings is 1. The Labute approximate surface area is 109 Å². The molecule has 0 bridgehead atoms. The van der Waals surface area contributed by atoms with Crippen LogP contribution in [-0.2, 0) is 13.5 Å². The minimum absolute atomic E-state index is 0.181. The third kappa shape index (κ3) is 2.71. The monoisotopic (exact) mass is 251 g/mol. The van der Waals surface area contributed by atoms with Gasteiger partial charge in [-0.15, -0.1) is 10.2 Å². The van der Waals surface area contributed by atoms with Crippen LogP contribution >= 0.6 is 0 Å². The Balaban J connectivity index is 2.20. The topological polar surface area (TPSA) is 69.6 Å². The van der Waals surface area contributed by atoms with Crippen molar-refractivity contribution in [3.63, 3.8) is 0 Å².